The monoisotopic (exact) mass is 326 g/mol. The highest BCUT2D eigenvalue weighted by Gasteiger charge is 2.07. The van der Waals surface area contributed by atoms with E-state index in [0.717, 1.165) is 13.0 Å². The van der Waals surface area contributed by atoms with Crippen molar-refractivity contribution < 1.29 is 4.79 Å². The lowest BCUT2D eigenvalue weighted by atomic mass is 10.1. The highest BCUT2D eigenvalue weighted by molar-refractivity contribution is 5.94. The van der Waals surface area contributed by atoms with Gasteiger partial charge in [0, 0.05) is 24.8 Å². The molecule has 1 amide bonds. The second-order valence-corrected chi connectivity index (χ2v) is 6.12. The molecule has 0 radical (unpaired) electrons. The van der Waals surface area contributed by atoms with Gasteiger partial charge in [0.05, 0.1) is 0 Å². The minimum absolute atomic E-state index is 0.0601. The molecule has 1 heterocycles. The van der Waals surface area contributed by atoms with Crippen LogP contribution in [-0.2, 0) is 6.54 Å². The van der Waals surface area contributed by atoms with Crippen LogP contribution in [0, 0.1) is 6.92 Å². The van der Waals surface area contributed by atoms with Crippen molar-refractivity contribution in [2.75, 3.05) is 32.5 Å². The van der Waals surface area contributed by atoms with Crippen molar-refractivity contribution in [3.8, 4) is 0 Å². The van der Waals surface area contributed by atoms with Crippen LogP contribution in [-0.4, -0.2) is 43.0 Å². The number of amides is 1. The summed E-state index contributed by atoms with van der Waals surface area (Å²) in [7, 11) is 4.05. The number of hydrogen-bond donors (Lipinski definition) is 2. The summed E-state index contributed by atoms with van der Waals surface area (Å²) < 4.78 is 0. The van der Waals surface area contributed by atoms with E-state index in [1.54, 1.807) is 18.3 Å². The second kappa shape index (κ2) is 9.03. The maximum atomic E-state index is 12.2. The number of hydrogen-bond acceptors (Lipinski definition) is 4. The molecular weight excluding hydrogens is 300 g/mol. The van der Waals surface area contributed by atoms with Crippen LogP contribution in [0.4, 0.5) is 5.82 Å². The molecule has 0 aliphatic heterocycles. The van der Waals surface area contributed by atoms with Crippen molar-refractivity contribution in [2.24, 2.45) is 0 Å². The second-order valence-electron chi connectivity index (χ2n) is 6.12. The smallest absolute Gasteiger partial charge is 0.251 e. The topological polar surface area (TPSA) is 57.3 Å². The van der Waals surface area contributed by atoms with E-state index < -0.39 is 0 Å². The maximum Gasteiger partial charge on any atom is 0.251 e. The van der Waals surface area contributed by atoms with Crippen LogP contribution in [0.15, 0.2) is 42.6 Å². The molecular formula is C19H26N4O. The van der Waals surface area contributed by atoms with Gasteiger partial charge < -0.3 is 15.5 Å². The summed E-state index contributed by atoms with van der Waals surface area (Å²) in [5.41, 5.74) is 3.08. The molecule has 2 aromatic rings. The number of nitrogens with one attached hydrogen (secondary N) is 2. The first-order valence-corrected chi connectivity index (χ1v) is 8.23. The highest BCUT2D eigenvalue weighted by Crippen LogP contribution is 2.11. The Morgan fingerprint density at radius 3 is 2.75 bits per heavy atom. The average Bonchev–Trinajstić information content (AvgIpc) is 2.58. The van der Waals surface area contributed by atoms with Gasteiger partial charge in [0.25, 0.3) is 5.91 Å². The third kappa shape index (κ3) is 5.66. The Hall–Kier alpha value is -2.40. The Balaban J connectivity index is 1.89. The fourth-order valence-electron chi connectivity index (χ4n) is 2.36. The normalized spacial score (nSPS) is 10.7. The molecule has 0 aliphatic rings. The minimum atomic E-state index is -0.0601. The number of pyridine rings is 1. The van der Waals surface area contributed by atoms with E-state index in [2.05, 4.69) is 39.6 Å². The molecule has 0 spiro atoms. The molecule has 0 saturated heterocycles. The Morgan fingerprint density at radius 2 is 2.00 bits per heavy atom. The molecule has 0 bridgehead atoms. The molecule has 1 aromatic carbocycles. The first kappa shape index (κ1) is 17.9. The number of rotatable bonds is 8. The molecule has 0 aliphatic carbocycles. The van der Waals surface area contributed by atoms with E-state index in [4.69, 9.17) is 0 Å². The quantitative estimate of drug-likeness (QED) is 0.732. The summed E-state index contributed by atoms with van der Waals surface area (Å²) in [6.45, 7) is 4.40. The zero-order chi connectivity index (χ0) is 17.4. The summed E-state index contributed by atoms with van der Waals surface area (Å²) in [5.74, 6) is 0.647. The van der Waals surface area contributed by atoms with Crippen LogP contribution in [0.2, 0.25) is 0 Å². The molecule has 0 saturated carbocycles. The number of aryl methyl sites for hydroxylation is 1. The lowest BCUT2D eigenvalue weighted by Crippen LogP contribution is -2.27. The molecule has 0 atom stereocenters. The van der Waals surface area contributed by atoms with Gasteiger partial charge in [-0.3, -0.25) is 4.79 Å². The van der Waals surface area contributed by atoms with Crippen molar-refractivity contribution in [3.05, 3.63) is 59.3 Å². The molecule has 0 unspecified atom stereocenters. The molecule has 0 fully saturated rings. The predicted octanol–water partition coefficient (Wildman–Crippen LogP) is 2.68. The van der Waals surface area contributed by atoms with Gasteiger partial charge in [-0.1, -0.05) is 24.3 Å². The van der Waals surface area contributed by atoms with Gasteiger partial charge in [-0.25, -0.2) is 4.98 Å². The standard InChI is InChI=1S/C19H26N4O/c1-15-7-4-5-8-17(15)14-22-18-13-16(9-11-20-18)19(24)21-10-6-12-23(2)3/h4-5,7-9,11,13H,6,10,12,14H2,1-3H3,(H,20,22)(H,21,24). The Bertz CT molecular complexity index is 670. The maximum absolute atomic E-state index is 12.2. The fraction of sp³-hybridized carbons (Fsp3) is 0.368. The van der Waals surface area contributed by atoms with Gasteiger partial charge in [0.15, 0.2) is 0 Å². The van der Waals surface area contributed by atoms with Crippen LogP contribution in [0.5, 0.6) is 0 Å². The van der Waals surface area contributed by atoms with Gasteiger partial charge in [0.2, 0.25) is 0 Å². The molecule has 2 rings (SSSR count). The summed E-state index contributed by atoms with van der Waals surface area (Å²) in [6.07, 6.45) is 2.59. The van der Waals surface area contributed by atoms with E-state index in [1.165, 1.54) is 11.1 Å². The SMILES string of the molecule is Cc1ccccc1CNc1cc(C(=O)NCCCN(C)C)ccn1. The van der Waals surface area contributed by atoms with Gasteiger partial charge in [-0.05, 0) is 57.2 Å². The number of aromatic nitrogens is 1. The number of benzene rings is 1. The predicted molar refractivity (Wildman–Crippen MR) is 98.2 cm³/mol. The fourth-order valence-corrected chi connectivity index (χ4v) is 2.36. The summed E-state index contributed by atoms with van der Waals surface area (Å²) in [5, 5.41) is 6.22. The first-order chi connectivity index (χ1) is 11.6. The average molecular weight is 326 g/mol. The van der Waals surface area contributed by atoms with E-state index in [0.29, 0.717) is 24.5 Å². The molecule has 2 N–H and O–H groups in total. The molecule has 24 heavy (non-hydrogen) atoms. The van der Waals surface area contributed by atoms with Crippen molar-refractivity contribution in [1.29, 1.82) is 0 Å². The van der Waals surface area contributed by atoms with Crippen LogP contribution < -0.4 is 10.6 Å². The molecule has 5 nitrogen and oxygen atoms in total. The third-order valence-corrected chi connectivity index (χ3v) is 3.81. The van der Waals surface area contributed by atoms with Crippen molar-refractivity contribution in [1.82, 2.24) is 15.2 Å². The molecule has 128 valence electrons. The van der Waals surface area contributed by atoms with Gasteiger partial charge >= 0.3 is 0 Å². The Morgan fingerprint density at radius 1 is 1.21 bits per heavy atom. The summed E-state index contributed by atoms with van der Waals surface area (Å²) in [6, 6.07) is 11.7. The number of anilines is 1. The number of carbonyl (C=O) groups excluding carboxylic acids is 1. The number of carbonyl (C=O) groups is 1. The highest BCUT2D eigenvalue weighted by atomic mass is 16.1. The minimum Gasteiger partial charge on any atom is -0.366 e. The van der Waals surface area contributed by atoms with Gasteiger partial charge in [-0.15, -0.1) is 0 Å². The Labute approximate surface area is 144 Å². The lowest BCUT2D eigenvalue weighted by Gasteiger charge is -2.11. The zero-order valence-electron chi connectivity index (χ0n) is 14.7. The Kier molecular flexibility index (Phi) is 6.75. The van der Waals surface area contributed by atoms with Crippen LogP contribution in [0.3, 0.4) is 0 Å². The van der Waals surface area contributed by atoms with E-state index in [9.17, 15) is 4.79 Å². The molecule has 5 heteroatoms. The van der Waals surface area contributed by atoms with E-state index in [1.807, 2.05) is 26.2 Å². The van der Waals surface area contributed by atoms with E-state index >= 15 is 0 Å². The third-order valence-electron chi connectivity index (χ3n) is 3.81. The lowest BCUT2D eigenvalue weighted by molar-refractivity contribution is 0.0952. The van der Waals surface area contributed by atoms with Gasteiger partial charge in [0.1, 0.15) is 5.82 Å². The van der Waals surface area contributed by atoms with E-state index in [-0.39, 0.29) is 5.91 Å². The van der Waals surface area contributed by atoms with Crippen molar-refractivity contribution >= 4 is 11.7 Å². The van der Waals surface area contributed by atoms with Crippen LogP contribution in [0.1, 0.15) is 27.9 Å². The van der Waals surface area contributed by atoms with Crippen LogP contribution in [0.25, 0.3) is 0 Å². The zero-order valence-corrected chi connectivity index (χ0v) is 14.7. The number of nitrogens with zero attached hydrogens (tertiary/aromatic N) is 2. The largest absolute Gasteiger partial charge is 0.366 e. The van der Waals surface area contributed by atoms with Crippen molar-refractivity contribution in [2.45, 2.75) is 19.9 Å². The first-order valence-electron chi connectivity index (χ1n) is 8.23. The summed E-state index contributed by atoms with van der Waals surface area (Å²) >= 11 is 0. The van der Waals surface area contributed by atoms with Gasteiger partial charge in [-0.2, -0.15) is 0 Å². The summed E-state index contributed by atoms with van der Waals surface area (Å²) in [4.78, 5) is 18.6. The van der Waals surface area contributed by atoms with Crippen LogP contribution >= 0.6 is 0 Å². The molecule has 1 aromatic heterocycles. The van der Waals surface area contributed by atoms with Crippen molar-refractivity contribution in [3.63, 3.8) is 0 Å².